The normalized spacial score (nSPS) is 16.8. The van der Waals surface area contributed by atoms with Gasteiger partial charge in [0.25, 0.3) is 17.7 Å². The Bertz CT molecular complexity index is 1090. The average molecular weight is 457 g/mol. The molecule has 0 aromatic heterocycles. The number of amides is 3. The van der Waals surface area contributed by atoms with Crippen molar-refractivity contribution >= 4 is 34.9 Å². The molecule has 3 amide bonds. The van der Waals surface area contributed by atoms with Crippen LogP contribution in [-0.2, 0) is 14.3 Å². The molecule has 0 saturated carbocycles. The van der Waals surface area contributed by atoms with E-state index in [1.807, 2.05) is 0 Å². The second-order valence-electron chi connectivity index (χ2n) is 7.57. The maximum atomic E-state index is 14.1. The summed E-state index contributed by atoms with van der Waals surface area (Å²) in [6.45, 7) is 0.111. The highest BCUT2D eigenvalue weighted by atomic mass is 19.1. The Morgan fingerprint density at radius 2 is 1.94 bits per heavy atom. The van der Waals surface area contributed by atoms with Crippen molar-refractivity contribution in [1.29, 1.82) is 5.41 Å². The molecule has 1 unspecified atom stereocenters. The summed E-state index contributed by atoms with van der Waals surface area (Å²) in [5.74, 6) is -3.00. The molecule has 1 aliphatic rings. The highest BCUT2D eigenvalue weighted by Crippen LogP contribution is 2.24. The van der Waals surface area contributed by atoms with Crippen LogP contribution in [0, 0.1) is 11.2 Å². The lowest BCUT2D eigenvalue weighted by atomic mass is 10.1. The molecule has 5 N–H and O–H groups in total. The highest BCUT2D eigenvalue weighted by molar-refractivity contribution is 6.05. The zero-order valence-electron chi connectivity index (χ0n) is 18.0. The van der Waals surface area contributed by atoms with Crippen molar-refractivity contribution in [2.45, 2.75) is 12.2 Å². The van der Waals surface area contributed by atoms with Crippen molar-refractivity contribution in [2.24, 2.45) is 5.73 Å². The summed E-state index contributed by atoms with van der Waals surface area (Å²) in [6.07, 6.45) is -3.32. The van der Waals surface area contributed by atoms with Gasteiger partial charge in [-0.1, -0.05) is 0 Å². The van der Waals surface area contributed by atoms with Crippen molar-refractivity contribution in [3.63, 3.8) is 0 Å². The van der Waals surface area contributed by atoms with Gasteiger partial charge in [0, 0.05) is 37.6 Å². The van der Waals surface area contributed by atoms with Crippen LogP contribution in [0.5, 0.6) is 0 Å². The van der Waals surface area contributed by atoms with E-state index < -0.39 is 35.7 Å². The molecule has 2 aromatic rings. The Hall–Kier alpha value is -3.83. The number of morpholine rings is 1. The lowest BCUT2D eigenvalue weighted by Crippen LogP contribution is -2.55. The van der Waals surface area contributed by atoms with Gasteiger partial charge < -0.3 is 30.7 Å². The number of halogens is 1. The molecule has 11 heteroatoms. The summed E-state index contributed by atoms with van der Waals surface area (Å²) in [7, 11) is 2.96. The number of ether oxygens (including phenoxy) is 1. The van der Waals surface area contributed by atoms with Crippen LogP contribution in [0.2, 0.25) is 0 Å². The van der Waals surface area contributed by atoms with Crippen LogP contribution in [0.1, 0.15) is 15.9 Å². The number of aliphatic hydroxyl groups is 1. The number of carbonyl (C=O) groups excluding carboxylic acids is 3. The van der Waals surface area contributed by atoms with Gasteiger partial charge in [-0.3, -0.25) is 19.8 Å². The first-order chi connectivity index (χ1) is 15.6. The van der Waals surface area contributed by atoms with Crippen molar-refractivity contribution in [1.82, 2.24) is 4.90 Å². The molecule has 2 atom stereocenters. The van der Waals surface area contributed by atoms with E-state index in [1.165, 1.54) is 60.3 Å². The molecule has 0 radical (unpaired) electrons. The van der Waals surface area contributed by atoms with E-state index in [4.69, 9.17) is 15.9 Å². The van der Waals surface area contributed by atoms with Crippen LogP contribution >= 0.6 is 0 Å². The van der Waals surface area contributed by atoms with Crippen molar-refractivity contribution < 1.29 is 28.6 Å². The van der Waals surface area contributed by atoms with E-state index in [1.54, 1.807) is 0 Å². The number of benzene rings is 2. The third kappa shape index (κ3) is 5.16. The Balaban J connectivity index is 1.75. The monoisotopic (exact) mass is 457 g/mol. The maximum Gasteiger partial charge on any atom is 0.259 e. The fourth-order valence-electron chi connectivity index (χ4n) is 3.26. The van der Waals surface area contributed by atoms with Crippen molar-refractivity contribution in [3.8, 4) is 0 Å². The number of nitrogens with one attached hydrogen (secondary N) is 2. The highest BCUT2D eigenvalue weighted by Gasteiger charge is 2.39. The molecule has 10 nitrogen and oxygen atoms in total. The summed E-state index contributed by atoms with van der Waals surface area (Å²) in [5, 5.41) is 20.3. The fourth-order valence-corrected chi connectivity index (χ4v) is 3.26. The number of hydrogen-bond acceptors (Lipinski definition) is 6. The SMILES string of the molecule is CN(C)C(=O)c1cc(N2CCO[C@H](C(O)C(=O)Nc3ccc(C(=N)N)cc3)C2=O)ccc1F. The third-order valence-corrected chi connectivity index (χ3v) is 5.04. The lowest BCUT2D eigenvalue weighted by molar-refractivity contribution is -0.150. The predicted molar refractivity (Wildman–Crippen MR) is 119 cm³/mol. The number of anilines is 2. The molecule has 0 aliphatic carbocycles. The molecule has 0 spiro atoms. The minimum Gasteiger partial charge on any atom is -0.384 e. The van der Waals surface area contributed by atoms with E-state index >= 15 is 0 Å². The number of carbonyl (C=O) groups is 3. The number of aliphatic hydroxyl groups excluding tert-OH is 1. The second kappa shape index (κ2) is 9.76. The number of nitrogens with zero attached hydrogens (tertiary/aromatic N) is 2. The third-order valence-electron chi connectivity index (χ3n) is 5.04. The van der Waals surface area contributed by atoms with Gasteiger partial charge in [0.1, 0.15) is 11.7 Å². The second-order valence-corrected chi connectivity index (χ2v) is 7.57. The van der Waals surface area contributed by atoms with Crippen LogP contribution in [0.15, 0.2) is 42.5 Å². The Kier molecular flexibility index (Phi) is 7.04. The number of rotatable bonds is 6. The number of hydrogen-bond donors (Lipinski definition) is 4. The first-order valence-electron chi connectivity index (χ1n) is 9.97. The van der Waals surface area contributed by atoms with Crippen LogP contribution in [-0.4, -0.2) is 73.0 Å². The predicted octanol–water partition coefficient (Wildman–Crippen LogP) is 0.543. The largest absolute Gasteiger partial charge is 0.384 e. The molecular formula is C22H24FN5O5. The first kappa shape index (κ1) is 23.8. The topological polar surface area (TPSA) is 149 Å². The van der Waals surface area contributed by atoms with Crippen molar-refractivity contribution in [3.05, 3.63) is 59.4 Å². The minimum atomic E-state index is -1.82. The van der Waals surface area contributed by atoms with E-state index in [-0.39, 0.29) is 30.2 Å². The summed E-state index contributed by atoms with van der Waals surface area (Å²) in [4.78, 5) is 40.1. The molecule has 1 aliphatic heterocycles. The lowest BCUT2D eigenvalue weighted by Gasteiger charge is -2.34. The molecule has 3 rings (SSSR count). The minimum absolute atomic E-state index is 0.0163. The Morgan fingerprint density at radius 1 is 1.27 bits per heavy atom. The summed E-state index contributed by atoms with van der Waals surface area (Å²) in [6, 6.07) is 9.71. The molecule has 1 saturated heterocycles. The average Bonchev–Trinajstić information content (AvgIpc) is 2.79. The number of nitrogens with two attached hydrogens (primary N) is 1. The van der Waals surface area contributed by atoms with Gasteiger partial charge in [-0.05, 0) is 42.5 Å². The molecular weight excluding hydrogens is 433 g/mol. The first-order valence-corrected chi connectivity index (χ1v) is 9.97. The van der Waals surface area contributed by atoms with Crippen LogP contribution in [0.25, 0.3) is 0 Å². The quantitative estimate of drug-likeness (QED) is 0.368. The smallest absolute Gasteiger partial charge is 0.259 e. The Morgan fingerprint density at radius 3 is 2.55 bits per heavy atom. The van der Waals surface area contributed by atoms with Gasteiger partial charge in [0.2, 0.25) is 0 Å². The van der Waals surface area contributed by atoms with Gasteiger partial charge in [0.15, 0.2) is 12.2 Å². The van der Waals surface area contributed by atoms with E-state index in [9.17, 15) is 23.9 Å². The van der Waals surface area contributed by atoms with Gasteiger partial charge in [-0.15, -0.1) is 0 Å². The van der Waals surface area contributed by atoms with Gasteiger partial charge in [-0.25, -0.2) is 4.39 Å². The zero-order chi connectivity index (χ0) is 24.3. The molecule has 2 aromatic carbocycles. The van der Waals surface area contributed by atoms with Crippen LogP contribution in [0.3, 0.4) is 0 Å². The molecule has 174 valence electrons. The zero-order valence-corrected chi connectivity index (χ0v) is 18.0. The van der Waals surface area contributed by atoms with E-state index in [0.717, 1.165) is 6.07 Å². The number of amidine groups is 1. The molecule has 0 bridgehead atoms. The standard InChI is InChI=1S/C22H24FN5O5/c1-27(2)21(31)15-11-14(7-8-16(15)23)28-9-10-33-18(22(28)32)17(29)20(30)26-13-5-3-12(4-6-13)19(24)25/h3-8,11,17-18,29H,9-10H2,1-2H3,(H3,24,25)(H,26,30)/t17?,18-/m1/s1. The molecule has 1 fully saturated rings. The fraction of sp³-hybridized carbons (Fsp3) is 0.273. The van der Waals surface area contributed by atoms with E-state index in [0.29, 0.717) is 11.3 Å². The van der Waals surface area contributed by atoms with Gasteiger partial charge >= 0.3 is 0 Å². The Labute approximate surface area is 189 Å². The summed E-state index contributed by atoms with van der Waals surface area (Å²) >= 11 is 0. The molecule has 1 heterocycles. The summed E-state index contributed by atoms with van der Waals surface area (Å²) in [5.41, 5.74) is 6.21. The number of nitrogen functional groups attached to an aromatic ring is 1. The molecule has 33 heavy (non-hydrogen) atoms. The van der Waals surface area contributed by atoms with Gasteiger partial charge in [-0.2, -0.15) is 0 Å². The van der Waals surface area contributed by atoms with Crippen LogP contribution in [0.4, 0.5) is 15.8 Å². The van der Waals surface area contributed by atoms with E-state index in [2.05, 4.69) is 5.32 Å². The van der Waals surface area contributed by atoms with Gasteiger partial charge in [0.05, 0.1) is 12.2 Å². The van der Waals surface area contributed by atoms with Crippen LogP contribution < -0.4 is 16.0 Å². The summed E-state index contributed by atoms with van der Waals surface area (Å²) < 4.78 is 19.5. The maximum absolute atomic E-state index is 14.1. The van der Waals surface area contributed by atoms with Crippen molar-refractivity contribution in [2.75, 3.05) is 37.5 Å².